The van der Waals surface area contributed by atoms with Gasteiger partial charge in [-0.2, -0.15) is 0 Å². The molecule has 0 aliphatic heterocycles. The molecular formula is C18H24N4O2. The molecule has 0 bridgehead atoms. The summed E-state index contributed by atoms with van der Waals surface area (Å²) in [6.45, 7) is 6.93. The second-order valence-corrected chi connectivity index (χ2v) is 5.48. The third kappa shape index (κ3) is 4.22. The summed E-state index contributed by atoms with van der Waals surface area (Å²) in [4.78, 5) is 20.8. The quantitative estimate of drug-likeness (QED) is 0.763. The summed E-state index contributed by atoms with van der Waals surface area (Å²) < 4.78 is 5.74. The minimum Gasteiger partial charge on any atom is -0.494 e. The first-order valence-corrected chi connectivity index (χ1v) is 8.22. The van der Waals surface area contributed by atoms with Crippen molar-refractivity contribution < 1.29 is 9.53 Å². The van der Waals surface area contributed by atoms with Crippen LogP contribution in [-0.2, 0) is 0 Å². The highest BCUT2D eigenvalue weighted by Crippen LogP contribution is 2.27. The molecule has 2 aromatic rings. The Morgan fingerprint density at radius 1 is 1.29 bits per heavy atom. The molecule has 2 rings (SSSR count). The number of ether oxygens (including phenoxy) is 1. The Labute approximate surface area is 142 Å². The molecule has 1 aromatic heterocycles. The second-order valence-electron chi connectivity index (χ2n) is 5.48. The Morgan fingerprint density at radius 3 is 2.79 bits per heavy atom. The summed E-state index contributed by atoms with van der Waals surface area (Å²) in [7, 11) is 0. The SMILES string of the molecule is CCCCOc1cccc(-c2nc(N)nc(C)c2C(=O)NCC)c1. The van der Waals surface area contributed by atoms with Crippen molar-refractivity contribution in [2.24, 2.45) is 0 Å². The van der Waals surface area contributed by atoms with E-state index in [0.29, 0.717) is 30.1 Å². The van der Waals surface area contributed by atoms with E-state index < -0.39 is 0 Å². The molecule has 3 N–H and O–H groups in total. The van der Waals surface area contributed by atoms with E-state index in [2.05, 4.69) is 22.2 Å². The van der Waals surface area contributed by atoms with Crippen molar-refractivity contribution in [1.29, 1.82) is 0 Å². The zero-order valence-corrected chi connectivity index (χ0v) is 14.4. The van der Waals surface area contributed by atoms with Crippen LogP contribution in [0.5, 0.6) is 5.75 Å². The van der Waals surface area contributed by atoms with Gasteiger partial charge in [-0.1, -0.05) is 25.5 Å². The number of nitrogens with one attached hydrogen (secondary N) is 1. The van der Waals surface area contributed by atoms with Crippen molar-refractivity contribution in [1.82, 2.24) is 15.3 Å². The number of benzene rings is 1. The summed E-state index contributed by atoms with van der Waals surface area (Å²) in [6.07, 6.45) is 2.07. The Morgan fingerprint density at radius 2 is 2.08 bits per heavy atom. The van der Waals surface area contributed by atoms with Gasteiger partial charge in [-0.15, -0.1) is 0 Å². The monoisotopic (exact) mass is 328 g/mol. The minimum atomic E-state index is -0.206. The highest BCUT2D eigenvalue weighted by molar-refractivity contribution is 6.01. The Bertz CT molecular complexity index is 716. The predicted molar refractivity (Wildman–Crippen MR) is 95.0 cm³/mol. The maximum Gasteiger partial charge on any atom is 0.255 e. The largest absolute Gasteiger partial charge is 0.494 e. The van der Waals surface area contributed by atoms with E-state index in [0.717, 1.165) is 24.2 Å². The molecule has 0 fully saturated rings. The summed E-state index contributed by atoms with van der Waals surface area (Å²) in [5.41, 5.74) is 8.09. The minimum absolute atomic E-state index is 0.146. The number of anilines is 1. The maximum absolute atomic E-state index is 12.4. The third-order valence-corrected chi connectivity index (χ3v) is 3.55. The summed E-state index contributed by atoms with van der Waals surface area (Å²) in [6, 6.07) is 7.53. The first-order valence-electron chi connectivity index (χ1n) is 8.22. The van der Waals surface area contributed by atoms with Crippen LogP contribution in [0.2, 0.25) is 0 Å². The number of hydrogen-bond donors (Lipinski definition) is 2. The number of unbranched alkanes of at least 4 members (excludes halogenated alkanes) is 1. The van der Waals surface area contributed by atoms with Crippen LogP contribution in [0.15, 0.2) is 24.3 Å². The van der Waals surface area contributed by atoms with Crippen molar-refractivity contribution >= 4 is 11.9 Å². The highest BCUT2D eigenvalue weighted by Gasteiger charge is 2.19. The summed E-state index contributed by atoms with van der Waals surface area (Å²) in [5, 5.41) is 2.80. The van der Waals surface area contributed by atoms with Crippen molar-refractivity contribution in [3.63, 3.8) is 0 Å². The third-order valence-electron chi connectivity index (χ3n) is 3.55. The molecule has 0 atom stereocenters. The van der Waals surface area contributed by atoms with Gasteiger partial charge >= 0.3 is 0 Å². The number of rotatable bonds is 7. The van der Waals surface area contributed by atoms with E-state index in [9.17, 15) is 4.79 Å². The van der Waals surface area contributed by atoms with Gasteiger partial charge in [0.1, 0.15) is 5.75 Å². The molecule has 6 heteroatoms. The molecule has 24 heavy (non-hydrogen) atoms. The van der Waals surface area contributed by atoms with E-state index in [1.807, 2.05) is 31.2 Å². The fourth-order valence-electron chi connectivity index (χ4n) is 2.39. The lowest BCUT2D eigenvalue weighted by Gasteiger charge is -2.13. The molecule has 128 valence electrons. The average molecular weight is 328 g/mol. The van der Waals surface area contributed by atoms with Crippen LogP contribution in [-0.4, -0.2) is 29.0 Å². The lowest BCUT2D eigenvalue weighted by Crippen LogP contribution is -2.25. The van der Waals surface area contributed by atoms with Crippen LogP contribution in [0, 0.1) is 6.92 Å². The molecule has 1 heterocycles. The first kappa shape index (κ1) is 17.7. The predicted octanol–water partition coefficient (Wildman–Crippen LogP) is 2.96. The smallest absolute Gasteiger partial charge is 0.255 e. The van der Waals surface area contributed by atoms with Gasteiger partial charge in [0.25, 0.3) is 5.91 Å². The van der Waals surface area contributed by atoms with Crippen LogP contribution in [0.3, 0.4) is 0 Å². The summed E-state index contributed by atoms with van der Waals surface area (Å²) in [5.74, 6) is 0.688. The van der Waals surface area contributed by atoms with Crippen LogP contribution in [0.4, 0.5) is 5.95 Å². The van der Waals surface area contributed by atoms with Crippen LogP contribution in [0.25, 0.3) is 11.3 Å². The fourth-order valence-corrected chi connectivity index (χ4v) is 2.39. The van der Waals surface area contributed by atoms with Gasteiger partial charge in [0, 0.05) is 12.1 Å². The maximum atomic E-state index is 12.4. The van der Waals surface area contributed by atoms with Gasteiger partial charge in [0.2, 0.25) is 5.95 Å². The zero-order valence-electron chi connectivity index (χ0n) is 14.4. The van der Waals surface area contributed by atoms with Crippen molar-refractivity contribution in [2.45, 2.75) is 33.6 Å². The van der Waals surface area contributed by atoms with Crippen molar-refractivity contribution in [3.05, 3.63) is 35.5 Å². The number of hydrogen-bond acceptors (Lipinski definition) is 5. The van der Waals surface area contributed by atoms with Crippen LogP contribution < -0.4 is 15.8 Å². The van der Waals surface area contributed by atoms with Gasteiger partial charge in [-0.3, -0.25) is 4.79 Å². The fraction of sp³-hybridized carbons (Fsp3) is 0.389. The van der Waals surface area contributed by atoms with Crippen LogP contribution >= 0.6 is 0 Å². The van der Waals surface area contributed by atoms with Crippen molar-refractivity contribution in [3.8, 4) is 17.0 Å². The normalized spacial score (nSPS) is 10.5. The molecule has 1 amide bonds. The number of carbonyl (C=O) groups is 1. The molecule has 6 nitrogen and oxygen atoms in total. The number of carbonyl (C=O) groups excluding carboxylic acids is 1. The molecule has 0 radical (unpaired) electrons. The van der Waals surface area contributed by atoms with Crippen LogP contribution in [0.1, 0.15) is 42.7 Å². The van der Waals surface area contributed by atoms with E-state index in [4.69, 9.17) is 10.5 Å². The van der Waals surface area contributed by atoms with E-state index in [1.165, 1.54) is 0 Å². The van der Waals surface area contributed by atoms with E-state index in [-0.39, 0.29) is 11.9 Å². The Balaban J connectivity index is 2.43. The molecule has 0 unspecified atom stereocenters. The molecule has 0 aliphatic carbocycles. The molecule has 0 saturated carbocycles. The lowest BCUT2D eigenvalue weighted by molar-refractivity contribution is 0.0955. The first-order chi connectivity index (χ1) is 11.6. The van der Waals surface area contributed by atoms with Gasteiger partial charge < -0.3 is 15.8 Å². The van der Waals surface area contributed by atoms with Gasteiger partial charge in [0.05, 0.1) is 23.6 Å². The van der Waals surface area contributed by atoms with Gasteiger partial charge in [-0.05, 0) is 32.4 Å². The van der Waals surface area contributed by atoms with Crippen molar-refractivity contribution in [2.75, 3.05) is 18.9 Å². The second kappa shape index (κ2) is 8.29. The highest BCUT2D eigenvalue weighted by atomic mass is 16.5. The Hall–Kier alpha value is -2.63. The number of nitrogen functional groups attached to an aromatic ring is 1. The number of aromatic nitrogens is 2. The lowest BCUT2D eigenvalue weighted by atomic mass is 10.0. The molecule has 0 aliphatic rings. The van der Waals surface area contributed by atoms with E-state index >= 15 is 0 Å². The number of aryl methyl sites for hydroxylation is 1. The standard InChI is InChI=1S/C18H24N4O2/c1-4-6-10-24-14-9-7-8-13(11-14)16-15(17(23)20-5-2)12(3)21-18(19)22-16/h7-9,11H,4-6,10H2,1-3H3,(H,20,23)(H2,19,21,22). The summed E-state index contributed by atoms with van der Waals surface area (Å²) >= 11 is 0. The zero-order chi connectivity index (χ0) is 17.5. The van der Waals surface area contributed by atoms with Gasteiger partial charge in [-0.25, -0.2) is 9.97 Å². The Kier molecular flexibility index (Phi) is 6.12. The van der Waals surface area contributed by atoms with Gasteiger partial charge in [0.15, 0.2) is 0 Å². The number of nitrogens with zero attached hydrogens (tertiary/aromatic N) is 2. The topological polar surface area (TPSA) is 90.1 Å². The average Bonchev–Trinajstić information content (AvgIpc) is 2.55. The number of amides is 1. The molecule has 1 aromatic carbocycles. The molecule has 0 saturated heterocycles. The molecular weight excluding hydrogens is 304 g/mol. The van der Waals surface area contributed by atoms with E-state index in [1.54, 1.807) is 6.92 Å². The molecule has 0 spiro atoms. The number of nitrogens with two attached hydrogens (primary N) is 1.